The Bertz CT molecular complexity index is 510. The number of aromatic nitrogens is 1. The summed E-state index contributed by atoms with van der Waals surface area (Å²) < 4.78 is 17.8. The summed E-state index contributed by atoms with van der Waals surface area (Å²) in [5.41, 5.74) is 1.27. The molecule has 5 heteroatoms. The highest BCUT2D eigenvalue weighted by molar-refractivity contribution is 6.62. The molecule has 0 aromatic carbocycles. The van der Waals surface area contributed by atoms with Gasteiger partial charge in [-0.3, -0.25) is 4.98 Å². The van der Waals surface area contributed by atoms with Gasteiger partial charge >= 0.3 is 7.12 Å². The molecule has 0 bridgehead atoms. The van der Waals surface area contributed by atoms with E-state index in [1.807, 2.05) is 40.0 Å². The monoisotopic (exact) mass is 275 g/mol. The fraction of sp³-hybridized carbons (Fsp3) is 0.667. The van der Waals surface area contributed by atoms with Crippen molar-refractivity contribution in [1.29, 1.82) is 0 Å². The first kappa shape index (κ1) is 13.9. The second-order valence-corrected chi connectivity index (χ2v) is 6.68. The van der Waals surface area contributed by atoms with Crippen LogP contribution in [0.3, 0.4) is 0 Å². The van der Waals surface area contributed by atoms with E-state index in [0.29, 0.717) is 5.92 Å². The molecule has 1 saturated heterocycles. The molecule has 4 nitrogen and oxygen atoms in total. The third kappa shape index (κ3) is 2.13. The van der Waals surface area contributed by atoms with Crippen molar-refractivity contribution in [2.45, 2.75) is 57.7 Å². The van der Waals surface area contributed by atoms with Gasteiger partial charge in [0.2, 0.25) is 0 Å². The highest BCUT2D eigenvalue weighted by Crippen LogP contribution is 2.44. The van der Waals surface area contributed by atoms with Crippen LogP contribution in [0.5, 0.6) is 5.75 Å². The number of rotatable bonds is 3. The Hall–Kier alpha value is -1.07. The van der Waals surface area contributed by atoms with Gasteiger partial charge in [0.1, 0.15) is 11.3 Å². The minimum absolute atomic E-state index is 0.361. The first-order valence-electron chi connectivity index (χ1n) is 7.24. The van der Waals surface area contributed by atoms with Crippen LogP contribution >= 0.6 is 0 Å². The Balaban J connectivity index is 1.97. The van der Waals surface area contributed by atoms with Gasteiger partial charge in [-0.2, -0.15) is 0 Å². The number of nitrogens with zero attached hydrogens (tertiary/aromatic N) is 1. The summed E-state index contributed by atoms with van der Waals surface area (Å²) in [6.07, 6.45) is 4.28. The zero-order chi connectivity index (χ0) is 14.5. The van der Waals surface area contributed by atoms with Crippen LogP contribution in [-0.4, -0.2) is 30.4 Å². The van der Waals surface area contributed by atoms with Crippen LogP contribution in [0.2, 0.25) is 0 Å². The molecular formula is C15H22BNO3. The predicted octanol–water partition coefficient (Wildman–Crippen LogP) is 2.27. The first-order chi connectivity index (χ1) is 9.36. The van der Waals surface area contributed by atoms with Crippen LogP contribution in [0.15, 0.2) is 12.3 Å². The molecule has 1 aliphatic heterocycles. The van der Waals surface area contributed by atoms with E-state index in [0.717, 1.165) is 11.3 Å². The van der Waals surface area contributed by atoms with Crippen LogP contribution in [0.25, 0.3) is 0 Å². The lowest BCUT2D eigenvalue weighted by Crippen LogP contribution is -2.41. The molecule has 2 fully saturated rings. The van der Waals surface area contributed by atoms with E-state index in [1.54, 1.807) is 7.11 Å². The van der Waals surface area contributed by atoms with E-state index < -0.39 is 7.12 Å². The van der Waals surface area contributed by atoms with Crippen molar-refractivity contribution in [3.05, 3.63) is 17.8 Å². The van der Waals surface area contributed by atoms with E-state index in [2.05, 4.69) is 4.98 Å². The molecule has 1 aromatic heterocycles. The summed E-state index contributed by atoms with van der Waals surface area (Å²) >= 11 is 0. The van der Waals surface area contributed by atoms with Crippen LogP contribution < -0.4 is 10.3 Å². The largest absolute Gasteiger partial charge is 0.518 e. The van der Waals surface area contributed by atoms with Crippen molar-refractivity contribution in [2.75, 3.05) is 7.11 Å². The molecule has 1 aromatic rings. The maximum absolute atomic E-state index is 6.08. The Morgan fingerprint density at radius 3 is 2.30 bits per heavy atom. The summed E-state index contributed by atoms with van der Waals surface area (Å²) in [5.74, 6) is 1.43. The molecule has 1 saturated carbocycles. The zero-order valence-electron chi connectivity index (χ0n) is 12.9. The standard InChI is InChI=1S/C15H22BNO3/c1-14(2)15(3,4)20-16(19-14)13-12(18-5)11(8-9-17-13)10-6-7-10/h8-10H,6-7H2,1-5H3. The van der Waals surface area contributed by atoms with E-state index >= 15 is 0 Å². The molecule has 2 heterocycles. The summed E-state index contributed by atoms with van der Waals surface area (Å²) in [5, 5.41) is 0. The molecule has 108 valence electrons. The predicted molar refractivity (Wildman–Crippen MR) is 78.5 cm³/mol. The molecule has 0 unspecified atom stereocenters. The molecule has 2 aliphatic rings. The fourth-order valence-electron chi connectivity index (χ4n) is 2.54. The Labute approximate surface area is 121 Å². The Morgan fingerprint density at radius 2 is 1.80 bits per heavy atom. The molecule has 0 radical (unpaired) electrons. The van der Waals surface area contributed by atoms with Gasteiger partial charge in [-0.05, 0) is 58.1 Å². The molecule has 20 heavy (non-hydrogen) atoms. The van der Waals surface area contributed by atoms with Gasteiger partial charge in [-0.15, -0.1) is 0 Å². The van der Waals surface area contributed by atoms with E-state index in [4.69, 9.17) is 14.0 Å². The van der Waals surface area contributed by atoms with Crippen molar-refractivity contribution in [1.82, 2.24) is 4.98 Å². The van der Waals surface area contributed by atoms with Crippen molar-refractivity contribution in [2.24, 2.45) is 0 Å². The average molecular weight is 275 g/mol. The molecule has 1 aliphatic carbocycles. The Kier molecular flexibility index (Phi) is 3.10. The smallest absolute Gasteiger partial charge is 0.495 e. The number of hydrogen-bond acceptors (Lipinski definition) is 4. The third-order valence-electron chi connectivity index (χ3n) is 4.66. The van der Waals surface area contributed by atoms with Gasteiger partial charge < -0.3 is 14.0 Å². The number of ether oxygens (including phenoxy) is 1. The van der Waals surface area contributed by atoms with Gasteiger partial charge in [-0.25, -0.2) is 0 Å². The zero-order valence-corrected chi connectivity index (χ0v) is 12.9. The molecule has 0 spiro atoms. The van der Waals surface area contributed by atoms with Crippen LogP contribution in [0, 0.1) is 0 Å². The minimum Gasteiger partial charge on any atom is -0.495 e. The van der Waals surface area contributed by atoms with Gasteiger partial charge in [0, 0.05) is 6.20 Å². The van der Waals surface area contributed by atoms with Crippen molar-refractivity contribution >= 4 is 12.7 Å². The maximum atomic E-state index is 6.08. The van der Waals surface area contributed by atoms with E-state index in [-0.39, 0.29) is 11.2 Å². The lowest BCUT2D eigenvalue weighted by Gasteiger charge is -2.32. The third-order valence-corrected chi connectivity index (χ3v) is 4.66. The summed E-state index contributed by atoms with van der Waals surface area (Å²) in [7, 11) is 1.23. The minimum atomic E-state index is -0.464. The molecule has 0 atom stereocenters. The van der Waals surface area contributed by atoms with Gasteiger partial charge in [-0.1, -0.05) is 0 Å². The lowest BCUT2D eigenvalue weighted by molar-refractivity contribution is 0.00578. The summed E-state index contributed by atoms with van der Waals surface area (Å²) in [4.78, 5) is 4.46. The van der Waals surface area contributed by atoms with Gasteiger partial charge in [0.05, 0.1) is 18.3 Å². The SMILES string of the molecule is COc1c(C2CC2)ccnc1B1OC(C)(C)C(C)(C)O1. The van der Waals surface area contributed by atoms with Gasteiger partial charge in [0.25, 0.3) is 0 Å². The lowest BCUT2D eigenvalue weighted by atomic mass is 9.82. The molecular weight excluding hydrogens is 253 g/mol. The second kappa shape index (κ2) is 4.47. The maximum Gasteiger partial charge on any atom is 0.518 e. The number of hydrogen-bond donors (Lipinski definition) is 0. The highest BCUT2D eigenvalue weighted by Gasteiger charge is 2.53. The van der Waals surface area contributed by atoms with Crippen molar-refractivity contribution in [3.63, 3.8) is 0 Å². The summed E-state index contributed by atoms with van der Waals surface area (Å²) in [6, 6.07) is 2.05. The van der Waals surface area contributed by atoms with Gasteiger partial charge in [0.15, 0.2) is 0 Å². The van der Waals surface area contributed by atoms with Crippen LogP contribution in [-0.2, 0) is 9.31 Å². The molecule has 0 N–H and O–H groups in total. The number of methoxy groups -OCH3 is 1. The highest BCUT2D eigenvalue weighted by atomic mass is 16.7. The van der Waals surface area contributed by atoms with Crippen LogP contribution in [0.4, 0.5) is 0 Å². The fourth-order valence-corrected chi connectivity index (χ4v) is 2.54. The Morgan fingerprint density at radius 1 is 1.20 bits per heavy atom. The van der Waals surface area contributed by atoms with E-state index in [1.165, 1.54) is 18.4 Å². The van der Waals surface area contributed by atoms with Crippen molar-refractivity contribution in [3.8, 4) is 5.75 Å². The van der Waals surface area contributed by atoms with E-state index in [9.17, 15) is 0 Å². The molecule has 0 amide bonds. The van der Waals surface area contributed by atoms with Crippen molar-refractivity contribution < 1.29 is 14.0 Å². The van der Waals surface area contributed by atoms with Crippen LogP contribution in [0.1, 0.15) is 52.0 Å². The first-order valence-corrected chi connectivity index (χ1v) is 7.24. The molecule has 3 rings (SSSR count). The normalized spacial score (nSPS) is 23.9. The quantitative estimate of drug-likeness (QED) is 0.793. The summed E-state index contributed by atoms with van der Waals surface area (Å²) in [6.45, 7) is 8.18. The average Bonchev–Trinajstić information content (AvgIpc) is 3.17. The topological polar surface area (TPSA) is 40.6 Å². The number of pyridine rings is 1. The second-order valence-electron chi connectivity index (χ2n) is 6.68.